The van der Waals surface area contributed by atoms with E-state index in [1.165, 1.54) is 4.90 Å². The fraction of sp³-hybridized carbons (Fsp3) is 0.333. The Morgan fingerprint density at radius 2 is 1.59 bits per heavy atom. The third kappa shape index (κ3) is 8.21. The first-order valence-electron chi connectivity index (χ1n) is 13.3. The molecule has 0 spiro atoms. The number of carbonyl (C=O) groups is 2. The van der Waals surface area contributed by atoms with Crippen LogP contribution < -0.4 is 9.62 Å². The van der Waals surface area contributed by atoms with Crippen molar-refractivity contribution in [3.63, 3.8) is 0 Å². The summed E-state index contributed by atoms with van der Waals surface area (Å²) in [6, 6.07) is 14.8. The van der Waals surface area contributed by atoms with Gasteiger partial charge >= 0.3 is 0 Å². The molecule has 0 aliphatic carbocycles. The summed E-state index contributed by atoms with van der Waals surface area (Å²) in [5.74, 6) is -1.57. The van der Waals surface area contributed by atoms with E-state index in [2.05, 4.69) is 5.32 Å². The second-order valence-electron chi connectivity index (χ2n) is 9.80. The van der Waals surface area contributed by atoms with Gasteiger partial charge in [-0.3, -0.25) is 13.9 Å². The number of nitrogens with zero attached hydrogens (tertiary/aromatic N) is 2. The SMILES string of the molecule is CC[C@H](C(=O)N[C@@H](C)CC)N(Cc1ccc(Cl)cc1Cl)C(=O)CN(c1ccc(C)cc1)S(=O)(=O)c1ccc(F)cc1. The van der Waals surface area contributed by atoms with E-state index in [-0.39, 0.29) is 35.5 Å². The smallest absolute Gasteiger partial charge is 0.264 e. The number of benzene rings is 3. The summed E-state index contributed by atoms with van der Waals surface area (Å²) in [4.78, 5) is 28.6. The molecule has 2 atom stereocenters. The molecule has 0 fully saturated rings. The minimum Gasteiger partial charge on any atom is -0.352 e. The molecular weight excluding hydrogens is 588 g/mol. The van der Waals surface area contributed by atoms with Gasteiger partial charge in [0.2, 0.25) is 11.8 Å². The van der Waals surface area contributed by atoms with Gasteiger partial charge < -0.3 is 10.2 Å². The van der Waals surface area contributed by atoms with Gasteiger partial charge in [-0.1, -0.05) is 60.8 Å². The van der Waals surface area contributed by atoms with Crippen molar-refractivity contribution in [3.8, 4) is 0 Å². The number of amides is 2. The molecule has 0 heterocycles. The summed E-state index contributed by atoms with van der Waals surface area (Å²) in [6.45, 7) is 6.76. The maximum atomic E-state index is 14.1. The molecule has 0 radical (unpaired) electrons. The molecule has 3 aromatic rings. The van der Waals surface area contributed by atoms with Crippen molar-refractivity contribution >= 4 is 50.7 Å². The number of sulfonamides is 1. The van der Waals surface area contributed by atoms with Gasteiger partial charge in [0.25, 0.3) is 10.0 Å². The number of halogens is 3. The zero-order valence-electron chi connectivity index (χ0n) is 23.4. The molecule has 0 saturated heterocycles. The Hall–Kier alpha value is -3.14. The van der Waals surface area contributed by atoms with Gasteiger partial charge in [0.1, 0.15) is 18.4 Å². The van der Waals surface area contributed by atoms with Crippen molar-refractivity contribution in [2.45, 2.75) is 64.1 Å². The van der Waals surface area contributed by atoms with Gasteiger partial charge in [0.15, 0.2) is 0 Å². The summed E-state index contributed by atoms with van der Waals surface area (Å²) < 4.78 is 42.2. The Kier molecular flexibility index (Phi) is 11.2. The first-order chi connectivity index (χ1) is 19.4. The molecule has 0 aliphatic rings. The summed E-state index contributed by atoms with van der Waals surface area (Å²) >= 11 is 12.5. The van der Waals surface area contributed by atoms with Gasteiger partial charge in [0.05, 0.1) is 10.6 Å². The molecule has 0 unspecified atom stereocenters. The van der Waals surface area contributed by atoms with E-state index >= 15 is 0 Å². The lowest BCUT2D eigenvalue weighted by Gasteiger charge is -2.34. The third-order valence-corrected chi connectivity index (χ3v) is 9.12. The van der Waals surface area contributed by atoms with Crippen molar-refractivity contribution < 1.29 is 22.4 Å². The van der Waals surface area contributed by atoms with Gasteiger partial charge in [-0.15, -0.1) is 0 Å². The molecule has 2 amide bonds. The Morgan fingerprint density at radius 1 is 0.951 bits per heavy atom. The second-order valence-corrected chi connectivity index (χ2v) is 12.5. The molecule has 41 heavy (non-hydrogen) atoms. The molecule has 1 N–H and O–H groups in total. The Bertz CT molecular complexity index is 1470. The molecule has 0 aliphatic heterocycles. The quantitative estimate of drug-likeness (QED) is 0.255. The highest BCUT2D eigenvalue weighted by molar-refractivity contribution is 7.92. The van der Waals surface area contributed by atoms with E-state index < -0.39 is 34.3 Å². The highest BCUT2D eigenvalue weighted by atomic mass is 35.5. The Morgan fingerprint density at radius 3 is 2.15 bits per heavy atom. The van der Waals surface area contributed by atoms with Crippen LogP contribution in [-0.4, -0.2) is 43.8 Å². The van der Waals surface area contributed by atoms with E-state index in [0.717, 1.165) is 34.1 Å². The maximum absolute atomic E-state index is 14.1. The van der Waals surface area contributed by atoms with Crippen LogP contribution in [-0.2, 0) is 26.2 Å². The average Bonchev–Trinajstić information content (AvgIpc) is 2.93. The molecule has 7 nitrogen and oxygen atoms in total. The van der Waals surface area contributed by atoms with Crippen LogP contribution >= 0.6 is 23.2 Å². The monoisotopic (exact) mass is 621 g/mol. The highest BCUT2D eigenvalue weighted by Crippen LogP contribution is 2.27. The molecule has 220 valence electrons. The topological polar surface area (TPSA) is 86.8 Å². The van der Waals surface area contributed by atoms with Gasteiger partial charge in [0, 0.05) is 22.6 Å². The second kappa shape index (κ2) is 14.2. The summed E-state index contributed by atoms with van der Waals surface area (Å²) in [5, 5.41) is 3.64. The van der Waals surface area contributed by atoms with Gasteiger partial charge in [-0.25, -0.2) is 12.8 Å². The number of nitrogens with one attached hydrogen (secondary N) is 1. The van der Waals surface area contributed by atoms with Crippen LogP contribution in [0.25, 0.3) is 0 Å². The third-order valence-electron chi connectivity index (χ3n) is 6.75. The van der Waals surface area contributed by atoms with Crippen LogP contribution in [0.5, 0.6) is 0 Å². The molecule has 0 saturated carbocycles. The Labute approximate surface area is 251 Å². The number of hydrogen-bond acceptors (Lipinski definition) is 4. The molecule has 0 aromatic heterocycles. The van der Waals surface area contributed by atoms with Crippen LogP contribution in [0.15, 0.2) is 71.6 Å². The van der Waals surface area contributed by atoms with Crippen LogP contribution in [0, 0.1) is 12.7 Å². The van der Waals surface area contributed by atoms with E-state index in [1.807, 2.05) is 20.8 Å². The van der Waals surface area contributed by atoms with E-state index in [4.69, 9.17) is 23.2 Å². The summed E-state index contributed by atoms with van der Waals surface area (Å²) in [7, 11) is -4.30. The largest absolute Gasteiger partial charge is 0.352 e. The van der Waals surface area contributed by atoms with Crippen molar-refractivity contribution in [3.05, 3.63) is 93.7 Å². The van der Waals surface area contributed by atoms with Crippen molar-refractivity contribution in [1.29, 1.82) is 0 Å². The molecule has 3 aromatic carbocycles. The number of carbonyl (C=O) groups excluding carboxylic acids is 2. The molecular formula is C30H34Cl2FN3O4S. The zero-order chi connectivity index (χ0) is 30.3. The van der Waals surface area contributed by atoms with Crippen molar-refractivity contribution in [2.24, 2.45) is 0 Å². The first kappa shape index (κ1) is 32.4. The summed E-state index contributed by atoms with van der Waals surface area (Å²) in [6.07, 6.45) is 0.963. The molecule has 3 rings (SSSR count). The lowest BCUT2D eigenvalue weighted by molar-refractivity contribution is -0.140. The number of hydrogen-bond donors (Lipinski definition) is 1. The minimum atomic E-state index is -4.30. The predicted molar refractivity (Wildman–Crippen MR) is 161 cm³/mol. The lowest BCUT2D eigenvalue weighted by atomic mass is 10.1. The Balaban J connectivity index is 2.08. The van der Waals surface area contributed by atoms with Crippen LogP contribution in [0.4, 0.5) is 10.1 Å². The zero-order valence-corrected chi connectivity index (χ0v) is 25.7. The minimum absolute atomic E-state index is 0.0560. The highest BCUT2D eigenvalue weighted by Gasteiger charge is 2.34. The van der Waals surface area contributed by atoms with Crippen molar-refractivity contribution in [1.82, 2.24) is 10.2 Å². The average molecular weight is 623 g/mol. The normalized spacial score (nSPS) is 12.9. The van der Waals surface area contributed by atoms with Crippen molar-refractivity contribution in [2.75, 3.05) is 10.8 Å². The maximum Gasteiger partial charge on any atom is 0.264 e. The van der Waals surface area contributed by atoms with Crippen LogP contribution in [0.3, 0.4) is 0 Å². The van der Waals surface area contributed by atoms with Gasteiger partial charge in [-0.2, -0.15) is 0 Å². The first-order valence-corrected chi connectivity index (χ1v) is 15.5. The lowest BCUT2D eigenvalue weighted by Crippen LogP contribution is -2.53. The van der Waals surface area contributed by atoms with E-state index in [1.54, 1.807) is 49.4 Å². The fourth-order valence-electron chi connectivity index (χ4n) is 4.17. The standard InChI is InChI=1S/C30H34Cl2FN3O4S/c1-5-21(4)34-30(38)28(6-2)35(18-22-9-10-23(31)17-27(22)32)29(37)19-36(25-13-7-20(3)8-14-25)41(39,40)26-15-11-24(33)12-16-26/h7-17,21,28H,5-6,18-19H2,1-4H3,(H,34,38)/t21-,28+/m0/s1. The predicted octanol–water partition coefficient (Wildman–Crippen LogP) is 6.36. The number of anilines is 1. The van der Waals surface area contributed by atoms with Crippen LogP contribution in [0.1, 0.15) is 44.7 Å². The van der Waals surface area contributed by atoms with E-state index in [0.29, 0.717) is 22.0 Å². The molecule has 11 heteroatoms. The number of aryl methyl sites for hydroxylation is 1. The number of rotatable bonds is 12. The molecule has 0 bridgehead atoms. The van der Waals surface area contributed by atoms with Crippen LogP contribution in [0.2, 0.25) is 10.0 Å². The fourth-order valence-corrected chi connectivity index (χ4v) is 6.05. The van der Waals surface area contributed by atoms with E-state index in [9.17, 15) is 22.4 Å². The summed E-state index contributed by atoms with van der Waals surface area (Å²) in [5.41, 5.74) is 1.68. The van der Waals surface area contributed by atoms with Gasteiger partial charge in [-0.05, 0) is 80.8 Å².